The molecule has 0 saturated carbocycles. The summed E-state index contributed by atoms with van der Waals surface area (Å²) in [6.45, 7) is 3.29. The van der Waals surface area contributed by atoms with E-state index < -0.39 is 4.92 Å². The molecule has 0 unspecified atom stereocenters. The smallest absolute Gasteiger partial charge is 0.235 e. The van der Waals surface area contributed by atoms with Crippen LogP contribution in [0.5, 0.6) is 0 Å². The molecule has 1 aliphatic heterocycles. The third-order valence-electron chi connectivity index (χ3n) is 2.66. The Hall–Kier alpha value is -1.88. The molecule has 5 nitrogen and oxygen atoms in total. The van der Waals surface area contributed by atoms with Gasteiger partial charge in [0.25, 0.3) is 0 Å². The van der Waals surface area contributed by atoms with Crippen molar-refractivity contribution in [3.8, 4) is 0 Å². The molecule has 1 saturated heterocycles. The lowest BCUT2D eigenvalue weighted by atomic mass is 10.2. The third kappa shape index (κ3) is 3.29. The van der Waals surface area contributed by atoms with Crippen LogP contribution in [0.3, 0.4) is 0 Å². The van der Waals surface area contributed by atoms with E-state index in [1.807, 2.05) is 24.3 Å². The van der Waals surface area contributed by atoms with E-state index in [0.717, 1.165) is 43.8 Å². The van der Waals surface area contributed by atoms with E-state index in [0.29, 0.717) is 0 Å². The Balaban J connectivity index is 2.04. The van der Waals surface area contributed by atoms with Gasteiger partial charge in [0.15, 0.2) is 0 Å². The van der Waals surface area contributed by atoms with Gasteiger partial charge in [-0.1, -0.05) is 12.1 Å². The first-order valence-corrected chi connectivity index (χ1v) is 5.50. The van der Waals surface area contributed by atoms with Crippen molar-refractivity contribution >= 4 is 11.8 Å². The van der Waals surface area contributed by atoms with Gasteiger partial charge in [-0.3, -0.25) is 10.1 Å². The first kappa shape index (κ1) is 11.6. The van der Waals surface area contributed by atoms with Gasteiger partial charge in [0, 0.05) is 24.9 Å². The van der Waals surface area contributed by atoms with Crippen molar-refractivity contribution in [1.29, 1.82) is 0 Å². The van der Waals surface area contributed by atoms with Gasteiger partial charge in [-0.15, -0.1) is 0 Å². The van der Waals surface area contributed by atoms with Crippen molar-refractivity contribution in [3.63, 3.8) is 0 Å². The van der Waals surface area contributed by atoms with Gasteiger partial charge < -0.3 is 9.64 Å². The van der Waals surface area contributed by atoms with Crippen LogP contribution in [-0.4, -0.2) is 31.2 Å². The molecule has 0 atom stereocenters. The standard InChI is InChI=1S/C12H14N2O3/c15-14(16)6-5-11-1-3-12(4-2-11)13-7-9-17-10-8-13/h1-6H,7-10H2. The summed E-state index contributed by atoms with van der Waals surface area (Å²) in [6, 6.07) is 7.71. The molecule has 0 amide bonds. The van der Waals surface area contributed by atoms with Crippen molar-refractivity contribution in [2.45, 2.75) is 0 Å². The zero-order valence-electron chi connectivity index (χ0n) is 9.41. The minimum atomic E-state index is -0.462. The Morgan fingerprint density at radius 3 is 2.47 bits per heavy atom. The number of hydrogen-bond acceptors (Lipinski definition) is 4. The SMILES string of the molecule is O=[N+]([O-])C=Cc1ccc(N2CCOCC2)cc1. The maximum Gasteiger partial charge on any atom is 0.235 e. The van der Waals surface area contributed by atoms with E-state index in [4.69, 9.17) is 4.74 Å². The van der Waals surface area contributed by atoms with Crippen LogP contribution in [0.25, 0.3) is 6.08 Å². The van der Waals surface area contributed by atoms with Crippen molar-refractivity contribution < 1.29 is 9.66 Å². The molecular formula is C12H14N2O3. The highest BCUT2D eigenvalue weighted by atomic mass is 16.6. The van der Waals surface area contributed by atoms with Gasteiger partial charge >= 0.3 is 0 Å². The Morgan fingerprint density at radius 1 is 1.24 bits per heavy atom. The molecule has 17 heavy (non-hydrogen) atoms. The predicted octanol–water partition coefficient (Wildman–Crippen LogP) is 1.77. The normalized spacial score (nSPS) is 16.4. The molecule has 0 aromatic heterocycles. The van der Waals surface area contributed by atoms with Crippen LogP contribution in [0.1, 0.15) is 5.56 Å². The number of morpholine rings is 1. The summed E-state index contributed by atoms with van der Waals surface area (Å²) in [6.07, 6.45) is 2.44. The zero-order chi connectivity index (χ0) is 12.1. The van der Waals surface area contributed by atoms with Crippen molar-refractivity contribution in [1.82, 2.24) is 0 Å². The molecule has 5 heteroatoms. The molecule has 1 heterocycles. The Kier molecular flexibility index (Phi) is 3.72. The summed E-state index contributed by atoms with van der Waals surface area (Å²) in [5, 5.41) is 10.2. The number of hydrogen-bond donors (Lipinski definition) is 0. The van der Waals surface area contributed by atoms with Crippen LogP contribution in [0.4, 0.5) is 5.69 Å². The van der Waals surface area contributed by atoms with Crippen LogP contribution in [0, 0.1) is 10.1 Å². The van der Waals surface area contributed by atoms with E-state index in [9.17, 15) is 10.1 Å². The molecule has 1 aromatic rings. The number of benzene rings is 1. The van der Waals surface area contributed by atoms with E-state index in [1.54, 1.807) is 0 Å². The molecule has 90 valence electrons. The molecule has 0 radical (unpaired) electrons. The summed E-state index contributed by atoms with van der Waals surface area (Å²) in [7, 11) is 0. The van der Waals surface area contributed by atoms with E-state index in [1.165, 1.54) is 6.08 Å². The molecule has 0 aliphatic carbocycles. The van der Waals surface area contributed by atoms with Crippen LogP contribution < -0.4 is 4.90 Å². The van der Waals surface area contributed by atoms with E-state index in [2.05, 4.69) is 4.90 Å². The fraction of sp³-hybridized carbons (Fsp3) is 0.333. The van der Waals surface area contributed by atoms with E-state index in [-0.39, 0.29) is 0 Å². The van der Waals surface area contributed by atoms with Crippen LogP contribution in [0.2, 0.25) is 0 Å². The molecular weight excluding hydrogens is 220 g/mol. The van der Waals surface area contributed by atoms with Gasteiger partial charge in [-0.05, 0) is 17.7 Å². The summed E-state index contributed by atoms with van der Waals surface area (Å²) < 4.78 is 5.28. The Morgan fingerprint density at radius 2 is 1.88 bits per heavy atom. The summed E-state index contributed by atoms with van der Waals surface area (Å²) in [5.41, 5.74) is 1.96. The molecule has 0 spiro atoms. The first-order valence-electron chi connectivity index (χ1n) is 5.50. The topological polar surface area (TPSA) is 55.6 Å². The average Bonchev–Trinajstić information content (AvgIpc) is 2.38. The maximum atomic E-state index is 10.2. The van der Waals surface area contributed by atoms with Gasteiger partial charge in [0.2, 0.25) is 6.20 Å². The summed E-state index contributed by atoms with van der Waals surface area (Å²) in [5.74, 6) is 0. The quantitative estimate of drug-likeness (QED) is 0.590. The second kappa shape index (κ2) is 5.45. The number of rotatable bonds is 3. The average molecular weight is 234 g/mol. The highest BCUT2D eigenvalue weighted by Gasteiger charge is 2.10. The lowest BCUT2D eigenvalue weighted by molar-refractivity contribution is -0.400. The number of ether oxygens (including phenoxy) is 1. The fourth-order valence-electron chi connectivity index (χ4n) is 1.76. The fourth-order valence-corrected chi connectivity index (χ4v) is 1.76. The molecule has 2 rings (SSSR count). The van der Waals surface area contributed by atoms with Gasteiger partial charge in [0.1, 0.15) is 0 Å². The summed E-state index contributed by atoms with van der Waals surface area (Å²) >= 11 is 0. The number of anilines is 1. The van der Waals surface area contributed by atoms with Crippen molar-refractivity contribution in [2.24, 2.45) is 0 Å². The lowest BCUT2D eigenvalue weighted by Gasteiger charge is -2.28. The van der Waals surface area contributed by atoms with Crippen molar-refractivity contribution in [2.75, 3.05) is 31.2 Å². The van der Waals surface area contributed by atoms with Crippen LogP contribution in [0.15, 0.2) is 30.5 Å². The Labute approximate surface area is 99.5 Å². The second-order valence-electron chi connectivity index (χ2n) is 3.79. The molecule has 1 aromatic carbocycles. The maximum absolute atomic E-state index is 10.2. The molecule has 1 aliphatic rings. The molecule has 0 bridgehead atoms. The largest absolute Gasteiger partial charge is 0.378 e. The molecule has 0 N–H and O–H groups in total. The second-order valence-corrected chi connectivity index (χ2v) is 3.79. The lowest BCUT2D eigenvalue weighted by Crippen LogP contribution is -2.36. The predicted molar refractivity (Wildman–Crippen MR) is 65.5 cm³/mol. The minimum Gasteiger partial charge on any atom is -0.378 e. The van der Waals surface area contributed by atoms with E-state index >= 15 is 0 Å². The number of nitrogens with zero attached hydrogens (tertiary/aromatic N) is 2. The van der Waals surface area contributed by atoms with Gasteiger partial charge in [0.05, 0.1) is 18.1 Å². The highest BCUT2D eigenvalue weighted by Crippen LogP contribution is 2.17. The summed E-state index contributed by atoms with van der Waals surface area (Å²) in [4.78, 5) is 12.0. The minimum absolute atomic E-state index is 0.462. The highest BCUT2D eigenvalue weighted by molar-refractivity contribution is 5.55. The van der Waals surface area contributed by atoms with Gasteiger partial charge in [-0.2, -0.15) is 0 Å². The van der Waals surface area contributed by atoms with Crippen LogP contribution in [-0.2, 0) is 4.74 Å². The monoisotopic (exact) mass is 234 g/mol. The molecule has 1 fully saturated rings. The Bertz CT molecular complexity index is 408. The van der Waals surface area contributed by atoms with Crippen molar-refractivity contribution in [3.05, 3.63) is 46.1 Å². The zero-order valence-corrected chi connectivity index (χ0v) is 9.41. The first-order chi connectivity index (χ1) is 8.25. The van der Waals surface area contributed by atoms with Gasteiger partial charge in [-0.25, -0.2) is 0 Å². The third-order valence-corrected chi connectivity index (χ3v) is 2.66. The number of nitro groups is 1. The van der Waals surface area contributed by atoms with Crippen LogP contribution >= 0.6 is 0 Å².